The predicted molar refractivity (Wildman–Crippen MR) is 111 cm³/mol. The first kappa shape index (κ1) is 18.8. The molecule has 0 radical (unpaired) electrons. The van der Waals surface area contributed by atoms with E-state index < -0.39 is 6.04 Å². The minimum Gasteiger partial charge on any atom is -0.399 e. The first-order valence-electron chi connectivity index (χ1n) is 10.3. The lowest BCUT2D eigenvalue weighted by atomic mass is 9.97. The number of piperidine rings is 1. The molecule has 0 spiro atoms. The number of nitrogens with zero attached hydrogens (tertiary/aromatic N) is 2. The fourth-order valence-electron chi connectivity index (χ4n) is 4.83. The lowest BCUT2D eigenvalue weighted by Crippen LogP contribution is -2.52. The van der Waals surface area contributed by atoms with Gasteiger partial charge in [0.1, 0.15) is 6.04 Å². The summed E-state index contributed by atoms with van der Waals surface area (Å²) >= 11 is 0. The smallest absolute Gasteiger partial charge is 0.255 e. The van der Waals surface area contributed by atoms with Crippen molar-refractivity contribution < 1.29 is 14.4 Å². The van der Waals surface area contributed by atoms with E-state index in [0.29, 0.717) is 25.1 Å². The first-order chi connectivity index (χ1) is 14.5. The maximum absolute atomic E-state index is 13.3. The highest BCUT2D eigenvalue weighted by Crippen LogP contribution is 2.31. The summed E-state index contributed by atoms with van der Waals surface area (Å²) in [6.07, 6.45) is 1.58. The molecule has 30 heavy (non-hydrogen) atoms. The zero-order chi connectivity index (χ0) is 20.8. The van der Waals surface area contributed by atoms with E-state index in [1.165, 1.54) is 11.1 Å². The van der Waals surface area contributed by atoms with E-state index in [-0.39, 0.29) is 24.1 Å². The number of carbonyl (C=O) groups is 3. The number of amides is 3. The Hall–Kier alpha value is -3.19. The summed E-state index contributed by atoms with van der Waals surface area (Å²) in [7, 11) is 0. The third kappa shape index (κ3) is 3.25. The lowest BCUT2D eigenvalue weighted by molar-refractivity contribution is -0.136. The number of hydrogen-bond acceptors (Lipinski definition) is 5. The molecule has 1 atom stereocenters. The number of nitrogen functional groups attached to an aromatic ring is 1. The molecule has 1 saturated heterocycles. The Morgan fingerprint density at radius 1 is 1.00 bits per heavy atom. The Kier molecular flexibility index (Phi) is 4.55. The number of nitrogens with two attached hydrogens (primary N) is 1. The van der Waals surface area contributed by atoms with Crippen LogP contribution in [0, 0.1) is 0 Å². The van der Waals surface area contributed by atoms with E-state index in [4.69, 9.17) is 5.73 Å². The van der Waals surface area contributed by atoms with Crippen LogP contribution < -0.4 is 11.1 Å². The number of nitrogens with one attached hydrogen (secondary N) is 1. The Morgan fingerprint density at radius 2 is 1.87 bits per heavy atom. The van der Waals surface area contributed by atoms with Gasteiger partial charge in [0, 0.05) is 43.9 Å². The highest BCUT2D eigenvalue weighted by Gasteiger charge is 2.40. The van der Waals surface area contributed by atoms with Gasteiger partial charge in [-0.25, -0.2) is 0 Å². The van der Waals surface area contributed by atoms with Gasteiger partial charge in [0.15, 0.2) is 0 Å². The van der Waals surface area contributed by atoms with Gasteiger partial charge in [0.25, 0.3) is 5.91 Å². The van der Waals surface area contributed by atoms with Crippen LogP contribution in [0.15, 0.2) is 36.4 Å². The Bertz CT molecular complexity index is 1060. The van der Waals surface area contributed by atoms with Gasteiger partial charge in [-0.15, -0.1) is 0 Å². The van der Waals surface area contributed by atoms with Crippen LogP contribution in [0.4, 0.5) is 5.69 Å². The number of imide groups is 1. The molecule has 3 N–H and O–H groups in total. The van der Waals surface area contributed by atoms with Crippen LogP contribution in [0.3, 0.4) is 0 Å². The fourth-order valence-corrected chi connectivity index (χ4v) is 4.83. The van der Waals surface area contributed by atoms with Crippen LogP contribution in [-0.2, 0) is 35.6 Å². The van der Waals surface area contributed by atoms with E-state index in [0.717, 1.165) is 36.3 Å². The largest absolute Gasteiger partial charge is 0.399 e. The van der Waals surface area contributed by atoms with Gasteiger partial charge in [0.05, 0.1) is 0 Å². The van der Waals surface area contributed by atoms with Crippen LogP contribution in [0.25, 0.3) is 0 Å². The molecule has 0 aromatic heterocycles. The summed E-state index contributed by atoms with van der Waals surface area (Å²) in [5.74, 6) is -0.755. The number of rotatable bonds is 3. The van der Waals surface area contributed by atoms with Crippen molar-refractivity contribution in [2.75, 3.05) is 12.3 Å². The molecule has 3 amide bonds. The van der Waals surface area contributed by atoms with Crippen LogP contribution in [-0.4, -0.2) is 40.1 Å². The van der Waals surface area contributed by atoms with Gasteiger partial charge in [-0.1, -0.05) is 24.3 Å². The van der Waals surface area contributed by atoms with Crippen LogP contribution >= 0.6 is 0 Å². The molecule has 7 nitrogen and oxygen atoms in total. The van der Waals surface area contributed by atoms with Crippen LogP contribution in [0.5, 0.6) is 0 Å². The topological polar surface area (TPSA) is 95.7 Å². The number of hydrogen-bond donors (Lipinski definition) is 2. The van der Waals surface area contributed by atoms with E-state index in [1.807, 2.05) is 30.3 Å². The summed E-state index contributed by atoms with van der Waals surface area (Å²) in [6.45, 7) is 2.83. The highest BCUT2D eigenvalue weighted by molar-refractivity contribution is 6.06. The van der Waals surface area contributed by atoms with Gasteiger partial charge in [0.2, 0.25) is 11.8 Å². The second-order valence-electron chi connectivity index (χ2n) is 8.34. The minimum atomic E-state index is -0.581. The molecule has 3 heterocycles. The highest BCUT2D eigenvalue weighted by atomic mass is 16.2. The molecule has 3 aliphatic heterocycles. The average Bonchev–Trinajstić information content (AvgIpc) is 3.05. The van der Waals surface area contributed by atoms with Crippen molar-refractivity contribution in [1.29, 1.82) is 0 Å². The molecule has 7 heteroatoms. The monoisotopic (exact) mass is 404 g/mol. The molecule has 2 aromatic carbocycles. The van der Waals surface area contributed by atoms with Gasteiger partial charge in [-0.2, -0.15) is 0 Å². The first-order valence-corrected chi connectivity index (χ1v) is 10.3. The summed E-state index contributed by atoms with van der Waals surface area (Å²) in [4.78, 5) is 41.0. The van der Waals surface area contributed by atoms with E-state index in [9.17, 15) is 14.4 Å². The van der Waals surface area contributed by atoms with E-state index in [1.54, 1.807) is 4.90 Å². The maximum atomic E-state index is 13.3. The van der Waals surface area contributed by atoms with Crippen molar-refractivity contribution in [1.82, 2.24) is 15.1 Å². The number of benzene rings is 2. The molecule has 2 aromatic rings. The van der Waals surface area contributed by atoms with Gasteiger partial charge < -0.3 is 10.6 Å². The quantitative estimate of drug-likeness (QED) is 0.598. The van der Waals surface area contributed by atoms with Crippen LogP contribution in [0.1, 0.15) is 45.5 Å². The maximum Gasteiger partial charge on any atom is 0.255 e. The fraction of sp³-hybridized carbons (Fsp3) is 0.348. The van der Waals surface area contributed by atoms with Crippen molar-refractivity contribution >= 4 is 23.4 Å². The molecule has 3 aliphatic rings. The average molecular weight is 404 g/mol. The third-order valence-corrected chi connectivity index (χ3v) is 6.35. The standard InChI is InChI=1S/C23H24N4O3/c24-18-5-4-15-11-26(9-8-14(15)10-18)12-16-2-1-3-17-13-27(23(30)21(16)17)19-6-7-20(28)25-22(19)29/h1-5,10,19H,6-9,11-13,24H2,(H,25,28,29). The Morgan fingerprint density at radius 3 is 2.70 bits per heavy atom. The van der Waals surface area contributed by atoms with E-state index in [2.05, 4.69) is 16.3 Å². The molecular formula is C23H24N4O3. The molecule has 0 bridgehead atoms. The molecular weight excluding hydrogens is 380 g/mol. The van der Waals surface area contributed by atoms with Crippen molar-refractivity contribution in [3.05, 3.63) is 64.2 Å². The van der Waals surface area contributed by atoms with E-state index >= 15 is 0 Å². The van der Waals surface area contributed by atoms with Crippen molar-refractivity contribution in [3.8, 4) is 0 Å². The van der Waals surface area contributed by atoms with Gasteiger partial charge in [-0.05, 0) is 47.2 Å². The molecule has 5 rings (SSSR count). The number of fused-ring (bicyclic) bond motifs is 2. The molecule has 154 valence electrons. The SMILES string of the molecule is Nc1ccc2c(c1)CCN(Cc1cccc3c1C(=O)N(C1CCC(=O)NC1=O)C3)C2. The van der Waals surface area contributed by atoms with Crippen molar-refractivity contribution in [2.24, 2.45) is 0 Å². The minimum absolute atomic E-state index is 0.111. The zero-order valence-corrected chi connectivity index (χ0v) is 16.7. The van der Waals surface area contributed by atoms with Gasteiger partial charge in [-0.3, -0.25) is 24.6 Å². The zero-order valence-electron chi connectivity index (χ0n) is 16.7. The summed E-state index contributed by atoms with van der Waals surface area (Å²) in [5, 5.41) is 2.36. The normalized spacial score (nSPS) is 21.4. The van der Waals surface area contributed by atoms with Gasteiger partial charge >= 0.3 is 0 Å². The molecule has 1 fully saturated rings. The van der Waals surface area contributed by atoms with Crippen LogP contribution in [0.2, 0.25) is 0 Å². The summed E-state index contributed by atoms with van der Waals surface area (Å²) < 4.78 is 0. The summed E-state index contributed by atoms with van der Waals surface area (Å²) in [5.41, 5.74) is 11.9. The van der Waals surface area contributed by atoms with Crippen molar-refractivity contribution in [2.45, 2.75) is 44.9 Å². The number of carbonyl (C=O) groups excluding carboxylic acids is 3. The molecule has 1 unspecified atom stereocenters. The molecule has 0 aliphatic carbocycles. The number of anilines is 1. The third-order valence-electron chi connectivity index (χ3n) is 6.35. The second-order valence-corrected chi connectivity index (χ2v) is 8.34. The van der Waals surface area contributed by atoms with Crippen molar-refractivity contribution in [3.63, 3.8) is 0 Å². The predicted octanol–water partition coefficient (Wildman–Crippen LogP) is 1.59. The summed E-state index contributed by atoms with van der Waals surface area (Å²) in [6, 6.07) is 11.4. The second kappa shape index (κ2) is 7.25. The Balaban J connectivity index is 1.36. The molecule has 0 saturated carbocycles. The lowest BCUT2D eigenvalue weighted by Gasteiger charge is -2.30. The Labute approximate surface area is 174 Å².